The van der Waals surface area contributed by atoms with Crippen LogP contribution >= 0.6 is 0 Å². The molecule has 2 heterocycles. The van der Waals surface area contributed by atoms with Crippen molar-refractivity contribution in [2.24, 2.45) is 5.92 Å². The van der Waals surface area contributed by atoms with E-state index < -0.39 is 28.9 Å². The SMILES string of the molecule is CC(C)(C)OCCC(C)(C)OC(=O)O[C@@]12CCC(=O)[C@@H]3Oc4c(O)ccc5c4C31CCN(CC1CC1)[C@@H]2C5. The number of likely N-dealkylation sites (tertiary alicyclic amines) is 1. The Morgan fingerprint density at radius 3 is 2.66 bits per heavy atom. The van der Waals surface area contributed by atoms with E-state index in [9.17, 15) is 14.7 Å². The van der Waals surface area contributed by atoms with E-state index in [-0.39, 0.29) is 29.6 Å². The third kappa shape index (κ3) is 4.01. The van der Waals surface area contributed by atoms with Gasteiger partial charge in [-0.15, -0.1) is 0 Å². The summed E-state index contributed by atoms with van der Waals surface area (Å²) in [5.41, 5.74) is -0.920. The van der Waals surface area contributed by atoms with Crippen LogP contribution in [0.15, 0.2) is 12.1 Å². The molecule has 0 radical (unpaired) electrons. The molecule has 1 aromatic carbocycles. The number of hydrogen-bond donors (Lipinski definition) is 1. The van der Waals surface area contributed by atoms with Crippen molar-refractivity contribution < 1.29 is 33.6 Å². The van der Waals surface area contributed by atoms with E-state index in [0.29, 0.717) is 44.0 Å². The summed E-state index contributed by atoms with van der Waals surface area (Å²) >= 11 is 0. The molecule has 5 aliphatic rings. The van der Waals surface area contributed by atoms with E-state index in [2.05, 4.69) is 4.90 Å². The second-order valence-electron chi connectivity index (χ2n) is 13.6. The second-order valence-corrected chi connectivity index (χ2v) is 13.6. The van der Waals surface area contributed by atoms with Gasteiger partial charge in [0.05, 0.1) is 23.7 Å². The summed E-state index contributed by atoms with van der Waals surface area (Å²) in [6.45, 7) is 12.0. The molecule has 8 nitrogen and oxygen atoms in total. The van der Waals surface area contributed by atoms with E-state index in [4.69, 9.17) is 18.9 Å². The molecular weight excluding hydrogens is 486 g/mol. The van der Waals surface area contributed by atoms with Crippen LogP contribution in [0.4, 0.5) is 4.79 Å². The molecule has 6 rings (SSSR count). The maximum Gasteiger partial charge on any atom is 0.509 e. The van der Waals surface area contributed by atoms with Crippen LogP contribution in [0.2, 0.25) is 0 Å². The van der Waals surface area contributed by atoms with Gasteiger partial charge in [0.15, 0.2) is 23.4 Å². The first-order valence-electron chi connectivity index (χ1n) is 14.2. The number of aromatic hydroxyl groups is 1. The lowest BCUT2D eigenvalue weighted by molar-refractivity contribution is -0.202. The fourth-order valence-corrected chi connectivity index (χ4v) is 7.49. The molecular formula is C30H41NO7. The lowest BCUT2D eigenvalue weighted by Crippen LogP contribution is -2.77. The smallest absolute Gasteiger partial charge is 0.504 e. The first-order chi connectivity index (χ1) is 17.9. The minimum atomic E-state index is -0.972. The number of rotatable bonds is 7. The summed E-state index contributed by atoms with van der Waals surface area (Å²) in [6.07, 6.45) is 3.50. The minimum absolute atomic E-state index is 0.00935. The second kappa shape index (κ2) is 8.59. The summed E-state index contributed by atoms with van der Waals surface area (Å²) in [4.78, 5) is 29.4. The maximum absolute atomic E-state index is 13.6. The zero-order chi connectivity index (χ0) is 27.1. The molecule has 8 heteroatoms. The fraction of sp³-hybridized carbons (Fsp3) is 0.733. The van der Waals surface area contributed by atoms with Crippen LogP contribution in [-0.4, -0.2) is 70.6 Å². The number of nitrogens with zero attached hydrogens (tertiary/aromatic N) is 1. The molecule has 2 aliphatic heterocycles. The maximum atomic E-state index is 13.6. The molecule has 3 aliphatic carbocycles. The number of phenolic OH excluding ortho intramolecular Hbond substituents is 1. The third-order valence-corrected chi connectivity index (χ3v) is 9.38. The number of hydrogen-bond acceptors (Lipinski definition) is 8. The highest BCUT2D eigenvalue weighted by atomic mass is 16.7. The van der Waals surface area contributed by atoms with E-state index in [1.54, 1.807) is 6.07 Å². The lowest BCUT2D eigenvalue weighted by atomic mass is 9.48. The Balaban J connectivity index is 1.35. The first-order valence-corrected chi connectivity index (χ1v) is 14.2. The summed E-state index contributed by atoms with van der Waals surface area (Å²) < 4.78 is 24.6. The fourth-order valence-electron chi connectivity index (χ4n) is 7.49. The predicted octanol–water partition coefficient (Wildman–Crippen LogP) is 4.67. The van der Waals surface area contributed by atoms with Crippen LogP contribution in [0.1, 0.15) is 84.3 Å². The Morgan fingerprint density at radius 2 is 1.95 bits per heavy atom. The largest absolute Gasteiger partial charge is 0.509 e. The molecule has 2 saturated carbocycles. The first kappa shape index (κ1) is 25.9. The average molecular weight is 528 g/mol. The summed E-state index contributed by atoms with van der Waals surface area (Å²) in [5.74, 6) is 1.11. The normalized spacial score (nSPS) is 32.0. The summed E-state index contributed by atoms with van der Waals surface area (Å²) in [7, 11) is 0. The Morgan fingerprint density at radius 1 is 1.18 bits per heavy atom. The minimum Gasteiger partial charge on any atom is -0.504 e. The van der Waals surface area contributed by atoms with Gasteiger partial charge in [-0.3, -0.25) is 9.69 Å². The van der Waals surface area contributed by atoms with Gasteiger partial charge in [-0.2, -0.15) is 0 Å². The van der Waals surface area contributed by atoms with Gasteiger partial charge in [-0.05, 0) is 90.8 Å². The Hall–Kier alpha value is -2.32. The quantitative estimate of drug-likeness (QED) is 0.512. The molecule has 208 valence electrons. The third-order valence-electron chi connectivity index (χ3n) is 9.38. The van der Waals surface area contributed by atoms with Crippen LogP contribution in [-0.2, 0) is 30.8 Å². The topological polar surface area (TPSA) is 94.5 Å². The van der Waals surface area contributed by atoms with Crippen LogP contribution < -0.4 is 4.74 Å². The molecule has 0 aromatic heterocycles. The molecule has 3 fully saturated rings. The zero-order valence-electron chi connectivity index (χ0n) is 23.3. The van der Waals surface area contributed by atoms with Crippen molar-refractivity contribution in [2.75, 3.05) is 19.7 Å². The lowest BCUT2D eigenvalue weighted by Gasteiger charge is -2.63. The van der Waals surface area contributed by atoms with Gasteiger partial charge in [-0.25, -0.2) is 4.79 Å². The van der Waals surface area contributed by atoms with E-state index in [1.165, 1.54) is 12.8 Å². The molecule has 1 N–H and O–H groups in total. The predicted molar refractivity (Wildman–Crippen MR) is 140 cm³/mol. The van der Waals surface area contributed by atoms with Gasteiger partial charge < -0.3 is 24.1 Å². The van der Waals surface area contributed by atoms with Crippen molar-refractivity contribution in [3.05, 3.63) is 23.3 Å². The molecule has 38 heavy (non-hydrogen) atoms. The van der Waals surface area contributed by atoms with Crippen molar-refractivity contribution >= 4 is 11.9 Å². The highest BCUT2D eigenvalue weighted by molar-refractivity contribution is 5.90. The monoisotopic (exact) mass is 527 g/mol. The Kier molecular flexibility index (Phi) is 5.86. The summed E-state index contributed by atoms with van der Waals surface area (Å²) in [6, 6.07) is 3.53. The Bertz CT molecular complexity index is 1150. The van der Waals surface area contributed by atoms with Gasteiger partial charge >= 0.3 is 6.16 Å². The number of phenols is 1. The molecule has 0 amide bonds. The number of piperidine rings is 1. The van der Waals surface area contributed by atoms with Crippen molar-refractivity contribution in [1.82, 2.24) is 4.90 Å². The summed E-state index contributed by atoms with van der Waals surface area (Å²) in [5, 5.41) is 10.7. The molecule has 4 atom stereocenters. The van der Waals surface area contributed by atoms with Gasteiger partial charge in [-0.1, -0.05) is 6.07 Å². The van der Waals surface area contributed by atoms with Crippen LogP contribution in [0.3, 0.4) is 0 Å². The molecule has 1 unspecified atom stereocenters. The van der Waals surface area contributed by atoms with Crippen LogP contribution in [0.25, 0.3) is 0 Å². The van der Waals surface area contributed by atoms with Crippen LogP contribution in [0.5, 0.6) is 11.5 Å². The number of ether oxygens (including phenoxy) is 4. The van der Waals surface area contributed by atoms with Crippen LogP contribution in [0, 0.1) is 5.92 Å². The van der Waals surface area contributed by atoms with E-state index >= 15 is 0 Å². The van der Waals surface area contributed by atoms with Gasteiger partial charge in [0.2, 0.25) is 0 Å². The number of carbonyl (C=O) groups is 2. The van der Waals surface area contributed by atoms with Crippen molar-refractivity contribution in [2.45, 2.75) is 114 Å². The average Bonchev–Trinajstić information content (AvgIpc) is 3.54. The van der Waals surface area contributed by atoms with Crippen molar-refractivity contribution in [3.8, 4) is 11.5 Å². The standard InChI is InChI=1S/C30H41NO7/c1-27(2,3)35-15-13-28(4,5)37-26(34)38-30-11-10-21(33)25-29(30)12-14-31(17-18-6-7-18)22(30)16-19-8-9-20(32)24(36-25)23(19)29/h8-9,18,22,25,32H,6-7,10-17H2,1-5H3/t22-,25+,29?,30-/m1/s1. The highest BCUT2D eigenvalue weighted by Crippen LogP contribution is 2.66. The highest BCUT2D eigenvalue weighted by Gasteiger charge is 2.75. The van der Waals surface area contributed by atoms with Crippen molar-refractivity contribution in [1.29, 1.82) is 0 Å². The zero-order valence-corrected chi connectivity index (χ0v) is 23.3. The molecule has 1 spiro atoms. The van der Waals surface area contributed by atoms with E-state index in [1.807, 2.05) is 40.7 Å². The molecule has 1 aromatic rings. The number of carbonyl (C=O) groups excluding carboxylic acids is 2. The van der Waals surface area contributed by atoms with Gasteiger partial charge in [0, 0.05) is 24.9 Å². The number of Topliss-reactive ketones (excluding diaryl/α,β-unsaturated/α-hetero) is 1. The van der Waals surface area contributed by atoms with Crippen molar-refractivity contribution in [3.63, 3.8) is 0 Å². The molecule has 1 saturated heterocycles. The van der Waals surface area contributed by atoms with E-state index in [0.717, 1.165) is 24.2 Å². The Labute approximate surface area is 224 Å². The van der Waals surface area contributed by atoms with Gasteiger partial charge in [0.25, 0.3) is 0 Å². The number of benzene rings is 1. The van der Waals surface area contributed by atoms with Gasteiger partial charge in [0.1, 0.15) is 11.2 Å². The number of ketones is 1. The molecule has 2 bridgehead atoms.